The number of ether oxygens (including phenoxy) is 2. The van der Waals surface area contributed by atoms with E-state index in [0.29, 0.717) is 12.1 Å². The summed E-state index contributed by atoms with van der Waals surface area (Å²) in [5.41, 5.74) is 0. The van der Waals surface area contributed by atoms with Gasteiger partial charge in [-0.1, -0.05) is 6.92 Å². The molecule has 0 spiro atoms. The molecule has 2 saturated heterocycles. The van der Waals surface area contributed by atoms with Crippen molar-refractivity contribution in [2.24, 2.45) is 4.99 Å². The predicted octanol–water partition coefficient (Wildman–Crippen LogP) is 2.73. The summed E-state index contributed by atoms with van der Waals surface area (Å²) in [6.45, 7) is 16.2. The Labute approximate surface area is 176 Å². The van der Waals surface area contributed by atoms with Crippen molar-refractivity contribution in [3.05, 3.63) is 0 Å². The minimum atomic E-state index is 0.245. The number of rotatable bonds is 10. The maximum atomic E-state index is 5.69. The summed E-state index contributed by atoms with van der Waals surface area (Å²) >= 11 is 2.05. The standard InChI is InChI=1S/C21H42N4O2S/c1-5-22-20(23-17-21(28-6-2)9-14-26-15-10-21)24-19-7-11-25(12-8-19)13-16-27-18(3)4/h18-19H,5-17H2,1-4H3,(H2,22,23,24). The Hall–Kier alpha value is -0.500. The topological polar surface area (TPSA) is 58.1 Å². The number of piperidine rings is 1. The lowest BCUT2D eigenvalue weighted by molar-refractivity contribution is 0.0532. The summed E-state index contributed by atoms with van der Waals surface area (Å²) in [4.78, 5) is 7.51. The second kappa shape index (κ2) is 12.9. The van der Waals surface area contributed by atoms with Gasteiger partial charge in [-0.15, -0.1) is 0 Å². The molecular weight excluding hydrogens is 372 g/mol. The van der Waals surface area contributed by atoms with Crippen molar-refractivity contribution in [1.29, 1.82) is 0 Å². The third-order valence-corrected chi connectivity index (χ3v) is 6.95. The van der Waals surface area contributed by atoms with Gasteiger partial charge in [-0.2, -0.15) is 11.8 Å². The number of nitrogens with zero attached hydrogens (tertiary/aromatic N) is 2. The first-order valence-corrected chi connectivity index (χ1v) is 12.2. The van der Waals surface area contributed by atoms with Crippen LogP contribution in [0.4, 0.5) is 0 Å². The fraction of sp³-hybridized carbons (Fsp3) is 0.952. The first kappa shape index (κ1) is 23.8. The van der Waals surface area contributed by atoms with Crippen molar-refractivity contribution in [1.82, 2.24) is 15.5 Å². The number of aliphatic imine (C=N–C) groups is 1. The normalized spacial score (nSPS) is 21.8. The predicted molar refractivity (Wildman–Crippen MR) is 121 cm³/mol. The van der Waals surface area contributed by atoms with Gasteiger partial charge in [-0.25, -0.2) is 0 Å². The first-order chi connectivity index (χ1) is 13.6. The zero-order chi connectivity index (χ0) is 20.2. The minimum absolute atomic E-state index is 0.245. The number of guanidine groups is 1. The molecule has 2 fully saturated rings. The third-order valence-electron chi connectivity index (χ3n) is 5.51. The van der Waals surface area contributed by atoms with Crippen LogP contribution >= 0.6 is 11.8 Å². The average Bonchev–Trinajstić information content (AvgIpc) is 2.68. The van der Waals surface area contributed by atoms with Crippen molar-refractivity contribution in [3.63, 3.8) is 0 Å². The van der Waals surface area contributed by atoms with Gasteiger partial charge in [0.25, 0.3) is 0 Å². The molecule has 164 valence electrons. The van der Waals surface area contributed by atoms with E-state index >= 15 is 0 Å². The smallest absolute Gasteiger partial charge is 0.191 e. The Morgan fingerprint density at radius 1 is 1.25 bits per heavy atom. The highest BCUT2D eigenvalue weighted by Crippen LogP contribution is 2.35. The SMILES string of the molecule is CCNC(=NCC1(SCC)CCOCC1)NC1CCN(CCOC(C)C)CC1. The molecule has 6 nitrogen and oxygen atoms in total. The van der Waals surface area contributed by atoms with E-state index in [2.05, 4.69) is 55.0 Å². The van der Waals surface area contributed by atoms with Crippen LogP contribution in [0.3, 0.4) is 0 Å². The van der Waals surface area contributed by atoms with Crippen LogP contribution in [0.25, 0.3) is 0 Å². The second-order valence-electron chi connectivity index (χ2n) is 8.10. The molecule has 0 aromatic heterocycles. The lowest BCUT2D eigenvalue weighted by Crippen LogP contribution is -2.49. The van der Waals surface area contributed by atoms with Gasteiger partial charge in [0.1, 0.15) is 0 Å². The van der Waals surface area contributed by atoms with Crippen molar-refractivity contribution in [2.45, 2.75) is 70.3 Å². The fourth-order valence-corrected chi connectivity index (χ4v) is 5.08. The van der Waals surface area contributed by atoms with Crippen molar-refractivity contribution in [3.8, 4) is 0 Å². The average molecular weight is 415 g/mol. The molecule has 2 aliphatic heterocycles. The molecule has 28 heavy (non-hydrogen) atoms. The minimum Gasteiger partial charge on any atom is -0.381 e. The van der Waals surface area contributed by atoms with Crippen molar-refractivity contribution in [2.75, 3.05) is 58.3 Å². The molecule has 2 N–H and O–H groups in total. The van der Waals surface area contributed by atoms with Crippen LogP contribution in [0.15, 0.2) is 4.99 Å². The Morgan fingerprint density at radius 2 is 1.96 bits per heavy atom. The number of hydrogen-bond donors (Lipinski definition) is 2. The van der Waals surface area contributed by atoms with E-state index in [-0.39, 0.29) is 4.75 Å². The lowest BCUT2D eigenvalue weighted by atomic mass is 9.99. The van der Waals surface area contributed by atoms with Crippen LogP contribution in [0.2, 0.25) is 0 Å². The largest absolute Gasteiger partial charge is 0.381 e. The summed E-state index contributed by atoms with van der Waals surface area (Å²) in [7, 11) is 0. The van der Waals surface area contributed by atoms with Crippen LogP contribution in [-0.2, 0) is 9.47 Å². The Balaban J connectivity index is 1.81. The molecular formula is C21H42N4O2S. The van der Waals surface area contributed by atoms with Crippen molar-refractivity contribution < 1.29 is 9.47 Å². The van der Waals surface area contributed by atoms with Crippen LogP contribution in [-0.4, -0.2) is 86.0 Å². The molecule has 2 rings (SSSR count). The molecule has 0 atom stereocenters. The molecule has 7 heteroatoms. The Morgan fingerprint density at radius 3 is 2.57 bits per heavy atom. The molecule has 0 bridgehead atoms. The highest BCUT2D eigenvalue weighted by molar-refractivity contribution is 8.00. The van der Waals surface area contributed by atoms with Gasteiger partial charge in [-0.3, -0.25) is 4.99 Å². The summed E-state index contributed by atoms with van der Waals surface area (Å²) in [6.07, 6.45) is 4.85. The summed E-state index contributed by atoms with van der Waals surface area (Å²) < 4.78 is 11.5. The molecule has 0 amide bonds. The number of thioether (sulfide) groups is 1. The molecule has 0 unspecified atom stereocenters. The number of likely N-dealkylation sites (tertiary alicyclic amines) is 1. The lowest BCUT2D eigenvalue weighted by Gasteiger charge is -2.36. The summed E-state index contributed by atoms with van der Waals surface area (Å²) in [5.74, 6) is 2.12. The van der Waals surface area contributed by atoms with Gasteiger partial charge in [0.2, 0.25) is 0 Å². The number of nitrogens with one attached hydrogen (secondary N) is 2. The van der Waals surface area contributed by atoms with Gasteiger partial charge < -0.3 is 25.0 Å². The van der Waals surface area contributed by atoms with E-state index in [1.54, 1.807) is 0 Å². The van der Waals surface area contributed by atoms with E-state index < -0.39 is 0 Å². The molecule has 0 saturated carbocycles. The summed E-state index contributed by atoms with van der Waals surface area (Å²) in [5, 5.41) is 7.14. The van der Waals surface area contributed by atoms with Gasteiger partial charge in [-0.05, 0) is 52.2 Å². The first-order valence-electron chi connectivity index (χ1n) is 11.2. The number of hydrogen-bond acceptors (Lipinski definition) is 5. The molecule has 2 heterocycles. The van der Waals surface area contributed by atoms with E-state index in [9.17, 15) is 0 Å². The molecule has 0 aromatic carbocycles. The second-order valence-corrected chi connectivity index (χ2v) is 9.84. The van der Waals surface area contributed by atoms with Crippen LogP contribution in [0.5, 0.6) is 0 Å². The van der Waals surface area contributed by atoms with Gasteiger partial charge in [0, 0.05) is 50.2 Å². The monoisotopic (exact) mass is 414 g/mol. The Bertz CT molecular complexity index is 442. The quantitative estimate of drug-likeness (QED) is 0.423. The highest BCUT2D eigenvalue weighted by Gasteiger charge is 2.32. The molecule has 2 aliphatic rings. The zero-order valence-electron chi connectivity index (χ0n) is 18.5. The maximum absolute atomic E-state index is 5.69. The molecule has 0 aromatic rings. The van der Waals surface area contributed by atoms with Crippen LogP contribution in [0, 0.1) is 0 Å². The van der Waals surface area contributed by atoms with Crippen molar-refractivity contribution >= 4 is 17.7 Å². The summed E-state index contributed by atoms with van der Waals surface area (Å²) in [6, 6.07) is 0.504. The van der Waals surface area contributed by atoms with Gasteiger partial charge >= 0.3 is 0 Å². The maximum Gasteiger partial charge on any atom is 0.191 e. The highest BCUT2D eigenvalue weighted by atomic mass is 32.2. The molecule has 0 radical (unpaired) electrons. The van der Waals surface area contributed by atoms with E-state index in [0.717, 1.165) is 89.9 Å². The third kappa shape index (κ3) is 8.47. The molecule has 0 aliphatic carbocycles. The van der Waals surface area contributed by atoms with Gasteiger partial charge in [0.15, 0.2) is 5.96 Å². The fourth-order valence-electron chi connectivity index (χ4n) is 3.85. The van der Waals surface area contributed by atoms with Gasteiger partial charge in [0.05, 0.1) is 19.3 Å². The Kier molecular flexibility index (Phi) is 11.0. The van der Waals surface area contributed by atoms with E-state index in [1.807, 2.05) is 0 Å². The van der Waals surface area contributed by atoms with Crippen LogP contribution < -0.4 is 10.6 Å². The van der Waals surface area contributed by atoms with E-state index in [4.69, 9.17) is 14.5 Å². The van der Waals surface area contributed by atoms with E-state index in [1.165, 1.54) is 0 Å². The van der Waals surface area contributed by atoms with Crippen LogP contribution in [0.1, 0.15) is 53.4 Å². The zero-order valence-corrected chi connectivity index (χ0v) is 19.3.